The molecule has 0 spiro atoms. The van der Waals surface area contributed by atoms with Crippen molar-refractivity contribution in [3.8, 4) is 16.2 Å². The summed E-state index contributed by atoms with van der Waals surface area (Å²) in [6.45, 7) is 1.52. The lowest BCUT2D eigenvalue weighted by Gasteiger charge is -2.12. The maximum Gasteiger partial charge on any atom is 0.339 e. The molecule has 0 aliphatic rings. The van der Waals surface area contributed by atoms with E-state index in [1.807, 2.05) is 0 Å². The van der Waals surface area contributed by atoms with Crippen molar-refractivity contribution in [3.05, 3.63) is 75.4 Å². The Morgan fingerprint density at radius 2 is 1.92 bits per heavy atom. The number of aryl methyl sites for hydroxylation is 1. The number of hydrogen-bond acceptors (Lipinski definition) is 6. The number of benzene rings is 2. The van der Waals surface area contributed by atoms with Crippen molar-refractivity contribution in [2.75, 3.05) is 0 Å². The van der Waals surface area contributed by atoms with Gasteiger partial charge in [-0.2, -0.15) is 8.42 Å². The number of hydrogen-bond donors (Lipinski definition) is 0. The van der Waals surface area contributed by atoms with E-state index < -0.39 is 20.9 Å². The second-order valence-corrected chi connectivity index (χ2v) is 7.82. The van der Waals surface area contributed by atoms with Crippen molar-refractivity contribution in [3.63, 3.8) is 0 Å². The third kappa shape index (κ3) is 3.58. The summed E-state index contributed by atoms with van der Waals surface area (Å²) in [7, 11) is -4.32. The second kappa shape index (κ2) is 6.85. The molecule has 9 heteroatoms. The molecule has 0 saturated heterocycles. The summed E-state index contributed by atoms with van der Waals surface area (Å²) in [4.78, 5) is 10.8. The molecule has 0 N–H and O–H groups in total. The number of nitrogens with zero attached hydrogens (tertiary/aromatic N) is 1. The Morgan fingerprint density at radius 3 is 2.58 bits per heavy atom. The van der Waals surface area contributed by atoms with Gasteiger partial charge >= 0.3 is 10.1 Å². The van der Waals surface area contributed by atoms with Crippen molar-refractivity contribution < 1.29 is 21.9 Å². The van der Waals surface area contributed by atoms with Gasteiger partial charge in [0.2, 0.25) is 0 Å². The average Bonchev–Trinajstić information content (AvgIpc) is 3.11. The highest BCUT2D eigenvalue weighted by atomic mass is 32.2. The quantitative estimate of drug-likeness (QED) is 0.361. The number of nitro groups is 1. The molecule has 2 aromatic carbocycles. The number of non-ortho nitro benzene ring substituents is 1. The first-order chi connectivity index (χ1) is 12.3. The molecular formula is C17H12FNO5S2. The second-order valence-electron chi connectivity index (χ2n) is 5.36. The van der Waals surface area contributed by atoms with Gasteiger partial charge in [-0.15, -0.1) is 11.3 Å². The Bertz CT molecular complexity index is 1080. The number of halogens is 1. The van der Waals surface area contributed by atoms with E-state index in [-0.39, 0.29) is 21.9 Å². The van der Waals surface area contributed by atoms with Gasteiger partial charge in [-0.05, 0) is 42.1 Å². The molecule has 0 aliphatic carbocycles. The van der Waals surface area contributed by atoms with E-state index in [0.717, 1.165) is 18.2 Å². The molecule has 0 bridgehead atoms. The molecule has 0 fully saturated rings. The maximum atomic E-state index is 13.5. The van der Waals surface area contributed by atoms with Crippen LogP contribution in [0.1, 0.15) is 5.56 Å². The first-order valence-corrected chi connectivity index (χ1v) is 9.60. The molecule has 0 unspecified atom stereocenters. The molecule has 6 nitrogen and oxygen atoms in total. The standard InChI is InChI=1S/C17H12FNO5S2/c1-11-4-5-12(18)9-17(11)26(22,23)24-15-7-6-13(19(20)21)10-14(15)16-3-2-8-25-16/h2-10H,1H3. The van der Waals surface area contributed by atoms with E-state index in [4.69, 9.17) is 4.18 Å². The zero-order valence-corrected chi connectivity index (χ0v) is 15.0. The average molecular weight is 393 g/mol. The van der Waals surface area contributed by atoms with Gasteiger partial charge in [-0.1, -0.05) is 12.1 Å². The fraction of sp³-hybridized carbons (Fsp3) is 0.0588. The van der Waals surface area contributed by atoms with Crippen molar-refractivity contribution in [1.29, 1.82) is 0 Å². The van der Waals surface area contributed by atoms with Crippen LogP contribution in [0.4, 0.5) is 10.1 Å². The van der Waals surface area contributed by atoms with E-state index in [0.29, 0.717) is 10.4 Å². The van der Waals surface area contributed by atoms with Crippen LogP contribution < -0.4 is 4.18 Å². The van der Waals surface area contributed by atoms with Gasteiger partial charge in [-0.25, -0.2) is 4.39 Å². The number of rotatable bonds is 5. The first-order valence-electron chi connectivity index (χ1n) is 7.31. The first kappa shape index (κ1) is 18.0. The summed E-state index contributed by atoms with van der Waals surface area (Å²) in [5.74, 6) is -0.776. The highest BCUT2D eigenvalue weighted by molar-refractivity contribution is 7.87. The molecule has 3 rings (SSSR count). The monoisotopic (exact) mass is 393 g/mol. The zero-order valence-electron chi connectivity index (χ0n) is 13.4. The van der Waals surface area contributed by atoms with Crippen LogP contribution in [0.5, 0.6) is 5.75 Å². The minimum atomic E-state index is -4.32. The molecule has 1 aromatic heterocycles. The normalized spacial score (nSPS) is 11.3. The Hall–Kier alpha value is -2.78. The Morgan fingerprint density at radius 1 is 1.15 bits per heavy atom. The summed E-state index contributed by atoms with van der Waals surface area (Å²) in [6.07, 6.45) is 0. The lowest BCUT2D eigenvalue weighted by Crippen LogP contribution is -2.12. The largest absolute Gasteiger partial charge is 0.378 e. The van der Waals surface area contributed by atoms with Crippen molar-refractivity contribution in [2.24, 2.45) is 0 Å². The third-order valence-corrected chi connectivity index (χ3v) is 5.86. The van der Waals surface area contributed by atoms with Gasteiger partial charge in [0.25, 0.3) is 5.69 Å². The third-order valence-electron chi connectivity index (χ3n) is 3.58. The highest BCUT2D eigenvalue weighted by Gasteiger charge is 2.23. The fourth-order valence-electron chi connectivity index (χ4n) is 2.33. The molecule has 0 saturated carbocycles. The van der Waals surface area contributed by atoms with Crippen molar-refractivity contribution in [2.45, 2.75) is 11.8 Å². The van der Waals surface area contributed by atoms with Crippen LogP contribution in [-0.2, 0) is 10.1 Å². The smallest absolute Gasteiger partial charge is 0.339 e. The van der Waals surface area contributed by atoms with E-state index in [2.05, 4.69) is 0 Å². The molecule has 0 atom stereocenters. The van der Waals surface area contributed by atoms with Crippen LogP contribution in [0.3, 0.4) is 0 Å². The maximum absolute atomic E-state index is 13.5. The fourth-order valence-corrected chi connectivity index (χ4v) is 4.27. The lowest BCUT2D eigenvalue weighted by atomic mass is 10.1. The van der Waals surface area contributed by atoms with Gasteiger partial charge in [0, 0.05) is 22.6 Å². The number of nitro benzene ring substituents is 1. The zero-order chi connectivity index (χ0) is 18.9. The highest BCUT2D eigenvalue weighted by Crippen LogP contribution is 2.37. The minimum Gasteiger partial charge on any atom is -0.378 e. The molecule has 0 amide bonds. The molecular weight excluding hydrogens is 381 g/mol. The predicted octanol–water partition coefficient (Wildman–Crippen LogP) is 4.54. The molecule has 26 heavy (non-hydrogen) atoms. The molecule has 134 valence electrons. The van der Waals surface area contributed by atoms with Crippen LogP contribution >= 0.6 is 11.3 Å². The van der Waals surface area contributed by atoms with Crippen LogP contribution in [0.2, 0.25) is 0 Å². The van der Waals surface area contributed by atoms with Crippen LogP contribution in [0, 0.1) is 22.9 Å². The topological polar surface area (TPSA) is 86.5 Å². The van der Waals surface area contributed by atoms with Crippen molar-refractivity contribution >= 4 is 27.1 Å². The number of thiophene rings is 1. The Labute approximate surface area is 152 Å². The van der Waals surface area contributed by atoms with E-state index in [1.54, 1.807) is 17.5 Å². The lowest BCUT2D eigenvalue weighted by molar-refractivity contribution is -0.384. The molecule has 0 aliphatic heterocycles. The summed E-state index contributed by atoms with van der Waals surface area (Å²) in [5.41, 5.74) is 0.401. The van der Waals surface area contributed by atoms with Gasteiger partial charge in [-0.3, -0.25) is 10.1 Å². The van der Waals surface area contributed by atoms with Gasteiger partial charge in [0.05, 0.1) is 4.92 Å². The predicted molar refractivity (Wildman–Crippen MR) is 95.4 cm³/mol. The van der Waals surface area contributed by atoms with Crippen molar-refractivity contribution in [1.82, 2.24) is 0 Å². The van der Waals surface area contributed by atoms with Crippen LogP contribution in [0.25, 0.3) is 10.4 Å². The van der Waals surface area contributed by atoms with E-state index >= 15 is 0 Å². The summed E-state index contributed by atoms with van der Waals surface area (Å²) in [6, 6.07) is 10.4. The molecule has 0 radical (unpaired) electrons. The SMILES string of the molecule is Cc1ccc(F)cc1S(=O)(=O)Oc1ccc([N+](=O)[O-])cc1-c1cccs1. The van der Waals surface area contributed by atoms with Crippen LogP contribution in [0.15, 0.2) is 58.8 Å². The summed E-state index contributed by atoms with van der Waals surface area (Å²) in [5, 5.41) is 12.8. The minimum absolute atomic E-state index is 0.0679. The summed E-state index contributed by atoms with van der Waals surface area (Å²) < 4.78 is 43.9. The van der Waals surface area contributed by atoms with Crippen LogP contribution in [-0.4, -0.2) is 13.3 Å². The van der Waals surface area contributed by atoms with E-state index in [9.17, 15) is 22.9 Å². The molecule has 1 heterocycles. The Kier molecular flexibility index (Phi) is 4.75. The Balaban J connectivity index is 2.09. The van der Waals surface area contributed by atoms with E-state index in [1.165, 1.54) is 36.5 Å². The van der Waals surface area contributed by atoms with Gasteiger partial charge in [0.15, 0.2) is 5.75 Å². The van der Waals surface area contributed by atoms with Gasteiger partial charge < -0.3 is 4.18 Å². The van der Waals surface area contributed by atoms with Gasteiger partial charge in [0.1, 0.15) is 10.7 Å². The summed E-state index contributed by atoms with van der Waals surface area (Å²) >= 11 is 1.28. The molecule has 3 aromatic rings.